The Hall–Kier alpha value is -1.13. The number of hydrogen-bond donors (Lipinski definition) is 1. The summed E-state index contributed by atoms with van der Waals surface area (Å²) in [5.74, 6) is 0. The van der Waals surface area contributed by atoms with Crippen molar-refractivity contribution in [2.45, 2.75) is 19.3 Å². The molecule has 1 N–H and O–H groups in total. The predicted octanol–water partition coefficient (Wildman–Crippen LogP) is 4.23. The van der Waals surface area contributed by atoms with E-state index in [2.05, 4.69) is 32.3 Å². The second-order valence-electron chi connectivity index (χ2n) is 4.47. The number of unbranched alkanes of at least 4 members (excludes halogenated alkanes) is 2. The van der Waals surface area contributed by atoms with Crippen LogP contribution in [0.3, 0.4) is 0 Å². The topological polar surface area (TPSA) is 34.1 Å². The number of halogens is 1. The summed E-state index contributed by atoms with van der Waals surface area (Å²) in [5, 5.41) is 4.65. The molecule has 4 heteroatoms. The van der Waals surface area contributed by atoms with Crippen molar-refractivity contribution >= 4 is 32.5 Å². The van der Waals surface area contributed by atoms with Crippen LogP contribution in [0.4, 0.5) is 5.69 Å². The van der Waals surface area contributed by atoms with E-state index in [1.54, 1.807) is 7.11 Å². The van der Waals surface area contributed by atoms with Gasteiger partial charge >= 0.3 is 0 Å². The van der Waals surface area contributed by atoms with Crippen LogP contribution in [0.15, 0.2) is 34.9 Å². The highest BCUT2D eigenvalue weighted by atomic mass is 79.9. The van der Waals surface area contributed by atoms with E-state index in [4.69, 9.17) is 4.74 Å². The van der Waals surface area contributed by atoms with Gasteiger partial charge in [0.25, 0.3) is 0 Å². The Morgan fingerprint density at radius 3 is 2.95 bits per heavy atom. The molecule has 2 rings (SSSR count). The third-order valence-electron chi connectivity index (χ3n) is 3.06. The van der Waals surface area contributed by atoms with E-state index < -0.39 is 0 Å². The van der Waals surface area contributed by atoms with E-state index in [0.29, 0.717) is 0 Å². The lowest BCUT2D eigenvalue weighted by atomic mass is 10.2. The summed E-state index contributed by atoms with van der Waals surface area (Å²) in [6.45, 7) is 1.83. The average Bonchev–Trinajstić information content (AvgIpc) is 2.43. The van der Waals surface area contributed by atoms with Gasteiger partial charge in [0.05, 0.1) is 5.52 Å². The normalized spacial score (nSPS) is 10.8. The summed E-state index contributed by atoms with van der Waals surface area (Å²) in [5.41, 5.74) is 2.16. The van der Waals surface area contributed by atoms with Gasteiger partial charge in [-0.05, 0) is 47.3 Å². The first-order valence-electron chi connectivity index (χ1n) is 6.59. The summed E-state index contributed by atoms with van der Waals surface area (Å²) in [4.78, 5) is 4.41. The zero-order chi connectivity index (χ0) is 13.5. The molecule has 0 atom stereocenters. The number of benzene rings is 1. The molecule has 0 aliphatic heterocycles. The molecule has 0 aliphatic carbocycles. The van der Waals surface area contributed by atoms with Crippen LogP contribution in [0.25, 0.3) is 10.9 Å². The molecule has 1 heterocycles. The Morgan fingerprint density at radius 1 is 1.21 bits per heavy atom. The number of methoxy groups -OCH3 is 1. The Kier molecular flexibility index (Phi) is 5.61. The van der Waals surface area contributed by atoms with Crippen molar-refractivity contribution in [3.63, 3.8) is 0 Å². The van der Waals surface area contributed by atoms with Crippen LogP contribution in [0.1, 0.15) is 19.3 Å². The number of aromatic nitrogens is 1. The van der Waals surface area contributed by atoms with Crippen LogP contribution >= 0.6 is 15.9 Å². The molecule has 0 aliphatic rings. The fraction of sp³-hybridized carbons (Fsp3) is 0.400. The van der Waals surface area contributed by atoms with Gasteiger partial charge in [0.1, 0.15) is 0 Å². The molecule has 19 heavy (non-hydrogen) atoms. The minimum absolute atomic E-state index is 0.852. The molecule has 0 saturated heterocycles. The zero-order valence-corrected chi connectivity index (χ0v) is 12.7. The molecular formula is C15H19BrN2O. The Labute approximate surface area is 122 Å². The van der Waals surface area contributed by atoms with Gasteiger partial charge in [-0.1, -0.05) is 12.1 Å². The van der Waals surface area contributed by atoms with E-state index in [1.165, 1.54) is 6.42 Å². The molecular weight excluding hydrogens is 304 g/mol. The van der Waals surface area contributed by atoms with Gasteiger partial charge in [0, 0.05) is 42.0 Å². The highest BCUT2D eigenvalue weighted by Crippen LogP contribution is 2.27. The highest BCUT2D eigenvalue weighted by molar-refractivity contribution is 9.10. The lowest BCUT2D eigenvalue weighted by Crippen LogP contribution is -2.03. The number of nitrogens with one attached hydrogen (secondary N) is 1. The van der Waals surface area contributed by atoms with Gasteiger partial charge < -0.3 is 10.1 Å². The minimum atomic E-state index is 0.852. The van der Waals surface area contributed by atoms with Gasteiger partial charge in [0.15, 0.2) is 0 Å². The maximum absolute atomic E-state index is 5.04. The lowest BCUT2D eigenvalue weighted by molar-refractivity contribution is 0.192. The molecule has 1 aromatic carbocycles. The third kappa shape index (κ3) is 3.91. The van der Waals surface area contributed by atoms with Crippen LogP contribution in [0.2, 0.25) is 0 Å². The monoisotopic (exact) mass is 322 g/mol. The van der Waals surface area contributed by atoms with Crippen LogP contribution in [-0.4, -0.2) is 25.2 Å². The molecule has 0 spiro atoms. The number of para-hydroxylation sites is 1. The maximum Gasteiger partial charge on any atom is 0.0864 e. The maximum atomic E-state index is 5.04. The number of nitrogens with zero attached hydrogens (tertiary/aromatic N) is 1. The molecule has 0 amide bonds. The number of rotatable bonds is 7. The quantitative estimate of drug-likeness (QED) is 0.775. The van der Waals surface area contributed by atoms with E-state index in [-0.39, 0.29) is 0 Å². The Morgan fingerprint density at radius 2 is 2.11 bits per heavy atom. The molecule has 1 aromatic heterocycles. The fourth-order valence-corrected chi connectivity index (χ4v) is 2.53. The van der Waals surface area contributed by atoms with Gasteiger partial charge in [0.2, 0.25) is 0 Å². The minimum Gasteiger partial charge on any atom is -0.385 e. The zero-order valence-electron chi connectivity index (χ0n) is 11.2. The first kappa shape index (κ1) is 14.3. The first-order valence-corrected chi connectivity index (χ1v) is 7.38. The number of hydrogen-bond acceptors (Lipinski definition) is 3. The summed E-state index contributed by atoms with van der Waals surface area (Å²) in [6, 6.07) is 8.19. The molecule has 0 fully saturated rings. The van der Waals surface area contributed by atoms with Crippen molar-refractivity contribution in [2.75, 3.05) is 25.6 Å². The predicted molar refractivity (Wildman–Crippen MR) is 83.7 cm³/mol. The van der Waals surface area contributed by atoms with Crippen LogP contribution in [0, 0.1) is 0 Å². The van der Waals surface area contributed by atoms with Crippen molar-refractivity contribution in [3.05, 3.63) is 34.9 Å². The summed E-state index contributed by atoms with van der Waals surface area (Å²) in [6.07, 6.45) is 5.32. The van der Waals surface area contributed by atoms with Crippen molar-refractivity contribution in [2.24, 2.45) is 0 Å². The van der Waals surface area contributed by atoms with Crippen LogP contribution in [-0.2, 0) is 4.74 Å². The molecule has 2 aromatic rings. The molecule has 102 valence electrons. The lowest BCUT2D eigenvalue weighted by Gasteiger charge is -2.10. The molecule has 0 unspecified atom stereocenters. The van der Waals surface area contributed by atoms with Crippen molar-refractivity contribution in [1.82, 2.24) is 4.98 Å². The number of fused-ring (bicyclic) bond motifs is 1. The van der Waals surface area contributed by atoms with E-state index >= 15 is 0 Å². The van der Waals surface area contributed by atoms with Crippen molar-refractivity contribution < 1.29 is 4.74 Å². The van der Waals surface area contributed by atoms with Crippen molar-refractivity contribution in [1.29, 1.82) is 0 Å². The first-order chi connectivity index (χ1) is 9.33. The van der Waals surface area contributed by atoms with Gasteiger partial charge in [-0.2, -0.15) is 0 Å². The van der Waals surface area contributed by atoms with Gasteiger partial charge in [-0.25, -0.2) is 0 Å². The third-order valence-corrected chi connectivity index (χ3v) is 3.70. The highest BCUT2D eigenvalue weighted by Gasteiger charge is 2.03. The molecule has 0 bridgehead atoms. The standard InChI is InChI=1S/C15H19BrN2O/c1-19-11-4-2-3-9-17-14-8-10-18-15-12(14)6-5-7-13(15)16/h5-8,10H,2-4,9,11H2,1H3,(H,17,18). The van der Waals surface area contributed by atoms with Gasteiger partial charge in [-0.3, -0.25) is 4.98 Å². The average molecular weight is 323 g/mol. The van der Waals surface area contributed by atoms with Crippen LogP contribution in [0.5, 0.6) is 0 Å². The summed E-state index contributed by atoms with van der Waals surface area (Å²) in [7, 11) is 1.75. The molecule has 3 nitrogen and oxygen atoms in total. The van der Waals surface area contributed by atoms with E-state index in [1.807, 2.05) is 24.4 Å². The molecule has 0 saturated carbocycles. The second kappa shape index (κ2) is 7.46. The van der Waals surface area contributed by atoms with Gasteiger partial charge in [-0.15, -0.1) is 0 Å². The SMILES string of the molecule is COCCCCCNc1ccnc2c(Br)cccc12. The van der Waals surface area contributed by atoms with E-state index in [0.717, 1.165) is 47.1 Å². The number of pyridine rings is 1. The Balaban J connectivity index is 1.95. The van der Waals surface area contributed by atoms with E-state index in [9.17, 15) is 0 Å². The second-order valence-corrected chi connectivity index (χ2v) is 5.33. The van der Waals surface area contributed by atoms with Crippen LogP contribution < -0.4 is 5.32 Å². The summed E-state index contributed by atoms with van der Waals surface area (Å²) >= 11 is 3.54. The summed E-state index contributed by atoms with van der Waals surface area (Å²) < 4.78 is 6.08. The van der Waals surface area contributed by atoms with Crippen molar-refractivity contribution in [3.8, 4) is 0 Å². The Bertz CT molecular complexity index is 531. The number of ether oxygens (including phenoxy) is 1. The number of anilines is 1. The largest absolute Gasteiger partial charge is 0.385 e. The smallest absolute Gasteiger partial charge is 0.0864 e. The molecule has 0 radical (unpaired) electrons. The fourth-order valence-electron chi connectivity index (χ4n) is 2.07.